The van der Waals surface area contributed by atoms with Gasteiger partial charge in [0.25, 0.3) is 0 Å². The molecule has 24 heavy (non-hydrogen) atoms. The Balaban J connectivity index is 2.19. The van der Waals surface area contributed by atoms with Crippen molar-refractivity contribution in [2.45, 2.75) is 26.4 Å². The second-order valence-corrected chi connectivity index (χ2v) is 6.60. The SMILES string of the molecule is CC(C)(Cc1ccccc1)C(=O)Nc1cc(C(F)(F)F)ccc1Cl. The number of carbonyl (C=O) groups is 1. The lowest BCUT2D eigenvalue weighted by molar-refractivity contribution is -0.137. The summed E-state index contributed by atoms with van der Waals surface area (Å²) in [4.78, 5) is 12.5. The molecule has 2 aromatic carbocycles. The first-order chi connectivity index (χ1) is 11.1. The van der Waals surface area contributed by atoms with Gasteiger partial charge in [-0.2, -0.15) is 13.2 Å². The Morgan fingerprint density at radius 1 is 1.08 bits per heavy atom. The minimum absolute atomic E-state index is 0.0439. The standard InChI is InChI=1S/C18H17ClF3NO/c1-17(2,11-12-6-4-3-5-7-12)16(24)23-15-10-13(18(20,21)22)8-9-14(15)19/h3-10H,11H2,1-2H3,(H,23,24). The smallest absolute Gasteiger partial charge is 0.324 e. The van der Waals surface area contributed by atoms with Crippen LogP contribution in [0.3, 0.4) is 0 Å². The molecule has 0 bridgehead atoms. The molecule has 0 heterocycles. The maximum absolute atomic E-state index is 12.8. The van der Waals surface area contributed by atoms with Crippen molar-refractivity contribution in [2.75, 3.05) is 5.32 Å². The summed E-state index contributed by atoms with van der Waals surface area (Å²) in [6, 6.07) is 12.3. The average Bonchev–Trinajstić information content (AvgIpc) is 2.48. The van der Waals surface area contributed by atoms with E-state index in [-0.39, 0.29) is 10.7 Å². The van der Waals surface area contributed by atoms with Gasteiger partial charge in [-0.3, -0.25) is 4.79 Å². The van der Waals surface area contributed by atoms with Crippen molar-refractivity contribution in [3.8, 4) is 0 Å². The molecule has 6 heteroatoms. The molecule has 128 valence electrons. The van der Waals surface area contributed by atoms with Gasteiger partial charge in [-0.15, -0.1) is 0 Å². The molecule has 0 aromatic heterocycles. The van der Waals surface area contributed by atoms with Gasteiger partial charge >= 0.3 is 6.18 Å². The third kappa shape index (κ3) is 4.51. The Bertz CT molecular complexity index is 727. The fourth-order valence-electron chi connectivity index (χ4n) is 2.28. The molecule has 1 N–H and O–H groups in total. The van der Waals surface area contributed by atoms with Gasteiger partial charge in [-0.25, -0.2) is 0 Å². The van der Waals surface area contributed by atoms with Gasteiger partial charge in [0.1, 0.15) is 0 Å². The molecule has 1 amide bonds. The van der Waals surface area contributed by atoms with Crippen LogP contribution in [0.25, 0.3) is 0 Å². The highest BCUT2D eigenvalue weighted by molar-refractivity contribution is 6.33. The van der Waals surface area contributed by atoms with Crippen LogP contribution in [0.1, 0.15) is 25.0 Å². The van der Waals surface area contributed by atoms with Crippen LogP contribution in [0.2, 0.25) is 5.02 Å². The van der Waals surface area contributed by atoms with Gasteiger partial charge in [0.05, 0.1) is 16.3 Å². The van der Waals surface area contributed by atoms with E-state index in [0.29, 0.717) is 6.42 Å². The van der Waals surface area contributed by atoms with Crippen molar-refractivity contribution < 1.29 is 18.0 Å². The van der Waals surface area contributed by atoms with Crippen molar-refractivity contribution >= 4 is 23.2 Å². The monoisotopic (exact) mass is 355 g/mol. The van der Waals surface area contributed by atoms with E-state index in [0.717, 1.165) is 23.8 Å². The molecule has 2 nitrogen and oxygen atoms in total. The Morgan fingerprint density at radius 2 is 1.71 bits per heavy atom. The molecule has 2 aromatic rings. The summed E-state index contributed by atoms with van der Waals surface area (Å²) < 4.78 is 38.4. The number of nitrogens with one attached hydrogen (secondary N) is 1. The number of hydrogen-bond acceptors (Lipinski definition) is 1. The first-order valence-electron chi connectivity index (χ1n) is 7.32. The average molecular weight is 356 g/mol. The number of benzene rings is 2. The highest BCUT2D eigenvalue weighted by Crippen LogP contribution is 2.34. The van der Waals surface area contributed by atoms with E-state index < -0.39 is 23.1 Å². The number of carbonyl (C=O) groups excluding carboxylic acids is 1. The van der Waals surface area contributed by atoms with Gasteiger partial charge in [0.15, 0.2) is 0 Å². The molecule has 0 atom stereocenters. The molecule has 0 fully saturated rings. The van der Waals surface area contributed by atoms with Crippen molar-refractivity contribution in [1.82, 2.24) is 0 Å². The zero-order chi connectivity index (χ0) is 18.0. The zero-order valence-electron chi connectivity index (χ0n) is 13.2. The Labute approximate surface area is 143 Å². The van der Waals surface area contributed by atoms with E-state index in [9.17, 15) is 18.0 Å². The van der Waals surface area contributed by atoms with Crippen LogP contribution < -0.4 is 5.32 Å². The first kappa shape index (κ1) is 18.3. The van der Waals surface area contributed by atoms with Crippen LogP contribution in [0.15, 0.2) is 48.5 Å². The van der Waals surface area contributed by atoms with E-state index in [1.807, 2.05) is 30.3 Å². The molecule has 0 saturated heterocycles. The molecule has 0 unspecified atom stereocenters. The lowest BCUT2D eigenvalue weighted by Crippen LogP contribution is -2.33. The number of amides is 1. The van der Waals surface area contributed by atoms with Gasteiger partial charge in [-0.05, 0) is 30.2 Å². The minimum Gasteiger partial charge on any atom is -0.324 e. The van der Waals surface area contributed by atoms with Gasteiger partial charge in [-0.1, -0.05) is 55.8 Å². The van der Waals surface area contributed by atoms with Crippen LogP contribution in [0.4, 0.5) is 18.9 Å². The lowest BCUT2D eigenvalue weighted by Gasteiger charge is -2.24. The number of anilines is 1. The Kier molecular flexibility index (Phi) is 5.23. The first-order valence-corrected chi connectivity index (χ1v) is 7.69. The van der Waals surface area contributed by atoms with Crippen LogP contribution in [0, 0.1) is 5.41 Å². The summed E-state index contributed by atoms with van der Waals surface area (Å²) in [6.07, 6.45) is -4.04. The summed E-state index contributed by atoms with van der Waals surface area (Å²) in [7, 11) is 0. The van der Waals surface area contributed by atoms with Gasteiger partial charge < -0.3 is 5.32 Å². The van der Waals surface area contributed by atoms with Gasteiger partial charge in [0.2, 0.25) is 5.91 Å². The number of halogens is 4. The fraction of sp³-hybridized carbons (Fsp3) is 0.278. The van der Waals surface area contributed by atoms with Crippen LogP contribution in [0.5, 0.6) is 0 Å². The number of rotatable bonds is 4. The largest absolute Gasteiger partial charge is 0.416 e. The van der Waals surface area contributed by atoms with E-state index >= 15 is 0 Å². The maximum Gasteiger partial charge on any atom is 0.416 e. The topological polar surface area (TPSA) is 29.1 Å². The quantitative estimate of drug-likeness (QED) is 0.763. The second kappa shape index (κ2) is 6.85. The highest BCUT2D eigenvalue weighted by atomic mass is 35.5. The van der Waals surface area contributed by atoms with E-state index in [4.69, 9.17) is 11.6 Å². The Morgan fingerprint density at radius 3 is 2.29 bits per heavy atom. The number of hydrogen-bond donors (Lipinski definition) is 1. The Hall–Kier alpha value is -2.01. The second-order valence-electron chi connectivity index (χ2n) is 6.19. The predicted octanol–water partition coefficient (Wildman–Crippen LogP) is 5.57. The molecule has 0 saturated carbocycles. The molecule has 0 aliphatic rings. The van der Waals surface area contributed by atoms with Crippen LogP contribution >= 0.6 is 11.6 Å². The van der Waals surface area contributed by atoms with Crippen molar-refractivity contribution in [3.05, 3.63) is 64.7 Å². The van der Waals surface area contributed by atoms with E-state index in [1.165, 1.54) is 0 Å². The molecular formula is C18H17ClF3NO. The van der Waals surface area contributed by atoms with Crippen molar-refractivity contribution in [2.24, 2.45) is 5.41 Å². The van der Waals surface area contributed by atoms with Gasteiger partial charge in [0, 0.05) is 5.41 Å². The van der Waals surface area contributed by atoms with E-state index in [1.54, 1.807) is 13.8 Å². The number of alkyl halides is 3. The summed E-state index contributed by atoms with van der Waals surface area (Å²) in [5.41, 5.74) is -0.743. The summed E-state index contributed by atoms with van der Waals surface area (Å²) in [5.74, 6) is -0.396. The molecule has 0 spiro atoms. The molecule has 2 rings (SSSR count). The normalized spacial score (nSPS) is 12.1. The zero-order valence-corrected chi connectivity index (χ0v) is 14.0. The third-order valence-electron chi connectivity index (χ3n) is 3.65. The fourth-order valence-corrected chi connectivity index (χ4v) is 2.44. The van der Waals surface area contributed by atoms with Crippen molar-refractivity contribution in [1.29, 1.82) is 0 Å². The van der Waals surface area contributed by atoms with Crippen molar-refractivity contribution in [3.63, 3.8) is 0 Å². The van der Waals surface area contributed by atoms with E-state index in [2.05, 4.69) is 5.32 Å². The summed E-state index contributed by atoms with van der Waals surface area (Å²) >= 11 is 5.92. The lowest BCUT2D eigenvalue weighted by atomic mass is 9.84. The summed E-state index contributed by atoms with van der Waals surface area (Å²) in [5, 5.41) is 2.57. The summed E-state index contributed by atoms with van der Waals surface area (Å²) in [6.45, 7) is 3.47. The molecule has 0 radical (unpaired) electrons. The van der Waals surface area contributed by atoms with Crippen LogP contribution in [-0.2, 0) is 17.4 Å². The molecule has 0 aliphatic heterocycles. The minimum atomic E-state index is -4.50. The molecule has 0 aliphatic carbocycles. The maximum atomic E-state index is 12.8. The van der Waals surface area contributed by atoms with Crippen LogP contribution in [-0.4, -0.2) is 5.91 Å². The highest BCUT2D eigenvalue weighted by Gasteiger charge is 2.32. The predicted molar refractivity (Wildman–Crippen MR) is 89.0 cm³/mol. The third-order valence-corrected chi connectivity index (χ3v) is 3.98. The molecular weight excluding hydrogens is 339 g/mol.